The van der Waals surface area contributed by atoms with Gasteiger partial charge < -0.3 is 40.5 Å². The lowest BCUT2D eigenvalue weighted by atomic mass is 10.1. The molecule has 0 spiro atoms. The second-order valence-corrected chi connectivity index (χ2v) is 7.97. The van der Waals surface area contributed by atoms with E-state index in [4.69, 9.17) is 35.2 Å². The first-order valence-corrected chi connectivity index (χ1v) is 11.0. The molecule has 1 amide bonds. The van der Waals surface area contributed by atoms with Gasteiger partial charge in [-0.1, -0.05) is 6.42 Å². The molecule has 0 unspecified atom stereocenters. The summed E-state index contributed by atoms with van der Waals surface area (Å²) in [6.45, 7) is 9.87. The van der Waals surface area contributed by atoms with Gasteiger partial charge in [0.1, 0.15) is 5.60 Å². The molecule has 0 rings (SSSR count). The topological polar surface area (TPSA) is 144 Å². The summed E-state index contributed by atoms with van der Waals surface area (Å²) < 4.78 is 26.7. The molecule has 5 N–H and O–H groups in total. The van der Waals surface area contributed by atoms with Gasteiger partial charge in [0.15, 0.2) is 0 Å². The fraction of sp³-hybridized carbons (Fsp3) is 0.905. The molecule has 0 radical (unpaired) electrons. The van der Waals surface area contributed by atoms with Crippen LogP contribution in [0.15, 0.2) is 0 Å². The molecule has 0 bridgehead atoms. The highest BCUT2D eigenvalue weighted by Gasteiger charge is 2.15. The fourth-order valence-corrected chi connectivity index (χ4v) is 2.33. The van der Waals surface area contributed by atoms with Crippen molar-refractivity contribution in [3.63, 3.8) is 0 Å². The van der Waals surface area contributed by atoms with E-state index >= 15 is 0 Å². The van der Waals surface area contributed by atoms with Gasteiger partial charge in [0.2, 0.25) is 5.91 Å². The molecule has 31 heavy (non-hydrogen) atoms. The molecule has 10 heteroatoms. The average molecular weight is 450 g/mol. The van der Waals surface area contributed by atoms with Gasteiger partial charge in [0.05, 0.1) is 65.3 Å². The Bertz CT molecular complexity index is 459. The number of nitrogens with two attached hydrogens (primary N) is 2. The normalized spacial score (nSPS) is 12.5. The molecule has 1 atom stereocenters. The quantitative estimate of drug-likeness (QED) is 0.177. The van der Waals surface area contributed by atoms with E-state index in [-0.39, 0.29) is 18.3 Å². The summed E-state index contributed by atoms with van der Waals surface area (Å²) in [6, 6.07) is -0.495. The van der Waals surface area contributed by atoms with Gasteiger partial charge in [0.25, 0.3) is 0 Å². The third kappa shape index (κ3) is 21.7. The lowest BCUT2D eigenvalue weighted by Crippen LogP contribution is -2.41. The Morgan fingerprint density at radius 3 is 1.87 bits per heavy atom. The highest BCUT2D eigenvalue weighted by Crippen LogP contribution is 2.08. The molecule has 0 aliphatic heterocycles. The van der Waals surface area contributed by atoms with Crippen LogP contribution in [-0.4, -0.2) is 89.5 Å². The van der Waals surface area contributed by atoms with Gasteiger partial charge in [-0.25, -0.2) is 0 Å². The highest BCUT2D eigenvalue weighted by molar-refractivity contribution is 5.81. The highest BCUT2D eigenvalue weighted by atomic mass is 16.6. The monoisotopic (exact) mass is 449 g/mol. The summed E-state index contributed by atoms with van der Waals surface area (Å²) in [5.41, 5.74) is 10.7. The zero-order valence-electron chi connectivity index (χ0n) is 19.5. The van der Waals surface area contributed by atoms with Crippen LogP contribution in [0.4, 0.5) is 0 Å². The lowest BCUT2D eigenvalue weighted by Gasteiger charge is -2.19. The number of hydrogen-bond acceptors (Lipinski definition) is 9. The summed E-state index contributed by atoms with van der Waals surface area (Å²) in [6.07, 6.45) is 2.59. The minimum Gasteiger partial charge on any atom is -0.460 e. The fourth-order valence-electron chi connectivity index (χ4n) is 2.33. The lowest BCUT2D eigenvalue weighted by molar-refractivity contribution is -0.156. The largest absolute Gasteiger partial charge is 0.460 e. The number of ether oxygens (including phenoxy) is 5. The van der Waals surface area contributed by atoms with Crippen LogP contribution in [0.1, 0.15) is 46.5 Å². The van der Waals surface area contributed by atoms with E-state index in [1.165, 1.54) is 0 Å². The predicted molar refractivity (Wildman–Crippen MR) is 118 cm³/mol. The van der Waals surface area contributed by atoms with Crippen molar-refractivity contribution in [1.29, 1.82) is 0 Å². The van der Waals surface area contributed by atoms with Gasteiger partial charge in [0, 0.05) is 6.54 Å². The first kappa shape index (κ1) is 29.7. The summed E-state index contributed by atoms with van der Waals surface area (Å²) in [5, 5.41) is 2.75. The molecule has 10 nitrogen and oxygen atoms in total. The van der Waals surface area contributed by atoms with Crippen LogP contribution in [0.5, 0.6) is 0 Å². The zero-order valence-corrected chi connectivity index (χ0v) is 19.5. The van der Waals surface area contributed by atoms with Crippen molar-refractivity contribution in [1.82, 2.24) is 5.32 Å². The Labute approximate surface area is 186 Å². The molecular weight excluding hydrogens is 406 g/mol. The second-order valence-electron chi connectivity index (χ2n) is 7.97. The summed E-state index contributed by atoms with van der Waals surface area (Å²) in [7, 11) is 0. The molecule has 0 saturated carbocycles. The smallest absolute Gasteiger partial charge is 0.308 e. The minimum atomic E-state index is -0.495. The Hall–Kier alpha value is -1.30. The van der Waals surface area contributed by atoms with E-state index < -0.39 is 11.6 Å². The van der Waals surface area contributed by atoms with E-state index in [2.05, 4.69) is 5.32 Å². The van der Waals surface area contributed by atoms with E-state index in [0.717, 1.165) is 12.8 Å². The number of carbonyl (C=O) groups is 2. The maximum atomic E-state index is 11.7. The first-order valence-electron chi connectivity index (χ1n) is 11.0. The molecule has 0 saturated heterocycles. The third-order valence-corrected chi connectivity index (χ3v) is 3.84. The molecule has 0 aromatic carbocycles. The Morgan fingerprint density at radius 1 is 0.839 bits per heavy atom. The van der Waals surface area contributed by atoms with E-state index in [1.807, 2.05) is 20.8 Å². The van der Waals surface area contributed by atoms with Crippen LogP contribution < -0.4 is 16.8 Å². The molecule has 0 aliphatic rings. The molecular formula is C21H43N3O7. The number of unbranched alkanes of at least 4 members (excludes halogenated alkanes) is 1. The number of carbonyl (C=O) groups excluding carboxylic acids is 2. The number of amides is 1. The molecule has 0 heterocycles. The number of hydrogen-bond donors (Lipinski definition) is 3. The molecule has 0 aliphatic carbocycles. The van der Waals surface area contributed by atoms with Crippen molar-refractivity contribution in [2.75, 3.05) is 65.9 Å². The Morgan fingerprint density at radius 2 is 1.35 bits per heavy atom. The molecule has 0 aromatic heterocycles. The van der Waals surface area contributed by atoms with E-state index in [0.29, 0.717) is 72.4 Å². The van der Waals surface area contributed by atoms with E-state index in [1.54, 1.807) is 0 Å². The summed E-state index contributed by atoms with van der Waals surface area (Å²) in [5.74, 6) is -0.434. The van der Waals surface area contributed by atoms with Gasteiger partial charge in [-0.3, -0.25) is 9.59 Å². The van der Waals surface area contributed by atoms with Crippen molar-refractivity contribution in [3.05, 3.63) is 0 Å². The second kappa shape index (κ2) is 19.4. The van der Waals surface area contributed by atoms with Crippen molar-refractivity contribution in [2.24, 2.45) is 11.5 Å². The van der Waals surface area contributed by atoms with Crippen LogP contribution in [0.3, 0.4) is 0 Å². The molecule has 0 fully saturated rings. The maximum absolute atomic E-state index is 11.7. The molecule has 0 aromatic rings. The Kier molecular flexibility index (Phi) is 18.6. The summed E-state index contributed by atoms with van der Waals surface area (Å²) in [4.78, 5) is 23.2. The van der Waals surface area contributed by atoms with Crippen molar-refractivity contribution in [3.8, 4) is 0 Å². The van der Waals surface area contributed by atoms with Crippen LogP contribution in [0.25, 0.3) is 0 Å². The van der Waals surface area contributed by atoms with Crippen LogP contribution in [-0.2, 0) is 33.3 Å². The average Bonchev–Trinajstić information content (AvgIpc) is 2.69. The van der Waals surface area contributed by atoms with Crippen molar-refractivity contribution >= 4 is 11.9 Å². The maximum Gasteiger partial charge on any atom is 0.308 e. The van der Waals surface area contributed by atoms with Crippen LogP contribution >= 0.6 is 0 Å². The van der Waals surface area contributed by atoms with E-state index in [9.17, 15) is 9.59 Å². The number of nitrogens with one attached hydrogen (secondary N) is 1. The van der Waals surface area contributed by atoms with Gasteiger partial charge in [-0.05, 0) is 40.2 Å². The van der Waals surface area contributed by atoms with Crippen LogP contribution in [0, 0.1) is 0 Å². The standard InChI is InChI=1S/C21H43N3O7/c1-21(2,3)31-19(25)7-10-27-12-14-29-16-17-30-15-13-28-11-9-24-20(26)18(23)6-4-5-8-22/h18H,4-17,22-23H2,1-3H3,(H,24,26)/t18-/m0/s1. The molecule has 184 valence electrons. The van der Waals surface area contributed by atoms with Crippen molar-refractivity contribution in [2.45, 2.75) is 58.1 Å². The van der Waals surface area contributed by atoms with Crippen molar-refractivity contribution < 1.29 is 33.3 Å². The SMILES string of the molecule is CC(C)(C)OC(=O)CCOCCOCCOCCOCCNC(=O)[C@@H](N)CCCCN. The predicted octanol–water partition coefficient (Wildman–Crippen LogP) is 0.357. The Balaban J connectivity index is 3.30. The third-order valence-electron chi connectivity index (χ3n) is 3.84. The van der Waals surface area contributed by atoms with Gasteiger partial charge >= 0.3 is 5.97 Å². The van der Waals surface area contributed by atoms with Gasteiger partial charge in [-0.2, -0.15) is 0 Å². The number of rotatable bonds is 20. The first-order chi connectivity index (χ1) is 14.8. The summed E-state index contributed by atoms with van der Waals surface area (Å²) >= 11 is 0. The minimum absolute atomic E-state index is 0.164. The van der Waals surface area contributed by atoms with Gasteiger partial charge in [-0.15, -0.1) is 0 Å². The van der Waals surface area contributed by atoms with Crippen LogP contribution in [0.2, 0.25) is 0 Å². The zero-order chi connectivity index (χ0) is 23.4. The number of esters is 1.